The lowest BCUT2D eigenvalue weighted by atomic mass is 9.97. The van der Waals surface area contributed by atoms with Gasteiger partial charge in [-0.05, 0) is 56.5 Å². The number of amides is 1. The number of nitrogens with zero attached hydrogens (tertiary/aromatic N) is 4. The second-order valence-electron chi connectivity index (χ2n) is 8.15. The Hall–Kier alpha value is -3.14. The van der Waals surface area contributed by atoms with Crippen molar-refractivity contribution in [3.63, 3.8) is 0 Å². The summed E-state index contributed by atoms with van der Waals surface area (Å²) in [5.74, 6) is -0.0290. The van der Waals surface area contributed by atoms with E-state index in [1.54, 1.807) is 17.0 Å². The Morgan fingerprint density at radius 1 is 1.28 bits per heavy atom. The van der Waals surface area contributed by atoms with Gasteiger partial charge >= 0.3 is 0 Å². The minimum absolute atomic E-state index is 0.00789. The van der Waals surface area contributed by atoms with Gasteiger partial charge < -0.3 is 10.0 Å². The van der Waals surface area contributed by atoms with Gasteiger partial charge in [0.05, 0.1) is 34.6 Å². The van der Waals surface area contributed by atoms with Crippen LogP contribution < -0.4 is 0 Å². The van der Waals surface area contributed by atoms with Gasteiger partial charge in [-0.25, -0.2) is 4.68 Å². The number of nitriles is 1. The number of carbonyl (C=O) groups is 1. The summed E-state index contributed by atoms with van der Waals surface area (Å²) in [6.45, 7) is 4.62. The standard InChI is InChI=1S/C25H25ClN4O2/c1-16-23(17(2)30(28-16)20-10-9-19(14-27)24(26)13-20)12-18-6-3-4-8-22(18)25(32)29-11-5-7-21(29)15-31/h3-4,6,8-10,13,21,31H,5,7,11-12,15H2,1-2H3/t21-/m0/s1. The van der Waals surface area contributed by atoms with Gasteiger partial charge in [-0.15, -0.1) is 0 Å². The summed E-state index contributed by atoms with van der Waals surface area (Å²) >= 11 is 6.23. The van der Waals surface area contributed by atoms with Crippen LogP contribution in [0, 0.1) is 25.2 Å². The summed E-state index contributed by atoms with van der Waals surface area (Å²) in [7, 11) is 0. The number of likely N-dealkylation sites (tertiary alicyclic amines) is 1. The average molecular weight is 449 g/mol. The Morgan fingerprint density at radius 2 is 2.06 bits per heavy atom. The lowest BCUT2D eigenvalue weighted by Crippen LogP contribution is -2.38. The van der Waals surface area contributed by atoms with E-state index in [9.17, 15) is 9.90 Å². The molecule has 6 nitrogen and oxygen atoms in total. The first-order chi connectivity index (χ1) is 15.4. The van der Waals surface area contributed by atoms with E-state index in [1.807, 2.05) is 48.9 Å². The molecule has 1 aromatic heterocycles. The number of hydrogen-bond donors (Lipinski definition) is 1. The molecule has 0 bridgehead atoms. The lowest BCUT2D eigenvalue weighted by molar-refractivity contribution is 0.0676. The van der Waals surface area contributed by atoms with Crippen molar-refractivity contribution in [1.82, 2.24) is 14.7 Å². The fourth-order valence-electron chi connectivity index (χ4n) is 4.43. The highest BCUT2D eigenvalue weighted by atomic mass is 35.5. The first kappa shape index (κ1) is 22.1. The number of aryl methyl sites for hydroxylation is 1. The molecule has 164 valence electrons. The monoisotopic (exact) mass is 448 g/mol. The minimum Gasteiger partial charge on any atom is -0.394 e. The smallest absolute Gasteiger partial charge is 0.254 e. The Bertz CT molecular complexity index is 1210. The average Bonchev–Trinajstić information content (AvgIpc) is 3.39. The van der Waals surface area contributed by atoms with E-state index in [0.717, 1.165) is 41.0 Å². The zero-order valence-electron chi connectivity index (χ0n) is 18.2. The fraction of sp³-hybridized carbons (Fsp3) is 0.320. The third kappa shape index (κ3) is 4.02. The maximum absolute atomic E-state index is 13.3. The SMILES string of the molecule is Cc1nn(-c2ccc(C#N)c(Cl)c2)c(C)c1Cc1ccccc1C(=O)N1CCC[C@H]1CO. The van der Waals surface area contributed by atoms with Crippen molar-refractivity contribution in [1.29, 1.82) is 5.26 Å². The molecule has 0 spiro atoms. The predicted molar refractivity (Wildman–Crippen MR) is 123 cm³/mol. The van der Waals surface area contributed by atoms with Crippen molar-refractivity contribution < 1.29 is 9.90 Å². The Balaban J connectivity index is 1.67. The van der Waals surface area contributed by atoms with E-state index in [0.29, 0.717) is 29.1 Å². The molecule has 7 heteroatoms. The lowest BCUT2D eigenvalue weighted by Gasteiger charge is -2.24. The summed E-state index contributed by atoms with van der Waals surface area (Å²) < 4.78 is 1.82. The Morgan fingerprint density at radius 3 is 2.78 bits per heavy atom. The third-order valence-electron chi connectivity index (χ3n) is 6.22. The number of rotatable bonds is 5. The second kappa shape index (κ2) is 9.15. The van der Waals surface area contributed by atoms with Crippen LogP contribution >= 0.6 is 11.6 Å². The molecule has 2 aromatic carbocycles. The molecule has 3 aromatic rings. The van der Waals surface area contributed by atoms with E-state index in [2.05, 4.69) is 6.07 Å². The van der Waals surface area contributed by atoms with Crippen LogP contribution in [-0.4, -0.2) is 44.9 Å². The molecule has 1 fully saturated rings. The highest BCUT2D eigenvalue weighted by Crippen LogP contribution is 2.27. The van der Waals surface area contributed by atoms with Crippen molar-refractivity contribution in [2.24, 2.45) is 0 Å². The van der Waals surface area contributed by atoms with Crippen LogP contribution in [0.15, 0.2) is 42.5 Å². The summed E-state index contributed by atoms with van der Waals surface area (Å²) in [5.41, 5.74) is 5.69. The second-order valence-corrected chi connectivity index (χ2v) is 8.56. The zero-order valence-corrected chi connectivity index (χ0v) is 18.9. The van der Waals surface area contributed by atoms with Crippen LogP contribution in [0.2, 0.25) is 5.02 Å². The van der Waals surface area contributed by atoms with Crippen LogP contribution in [0.1, 0.15) is 51.3 Å². The van der Waals surface area contributed by atoms with Crippen LogP contribution in [0.5, 0.6) is 0 Å². The topological polar surface area (TPSA) is 82.2 Å². The third-order valence-corrected chi connectivity index (χ3v) is 6.54. The minimum atomic E-state index is -0.108. The fourth-order valence-corrected chi connectivity index (χ4v) is 4.65. The first-order valence-corrected chi connectivity index (χ1v) is 11.1. The number of hydrogen-bond acceptors (Lipinski definition) is 4. The van der Waals surface area contributed by atoms with Crippen molar-refractivity contribution in [3.8, 4) is 11.8 Å². The predicted octanol–water partition coefficient (Wildman–Crippen LogP) is 4.20. The van der Waals surface area contributed by atoms with Gasteiger partial charge in [0.25, 0.3) is 5.91 Å². The molecule has 32 heavy (non-hydrogen) atoms. The quantitative estimate of drug-likeness (QED) is 0.634. The van der Waals surface area contributed by atoms with Gasteiger partial charge in [-0.3, -0.25) is 4.79 Å². The normalized spacial score (nSPS) is 15.7. The van der Waals surface area contributed by atoms with E-state index in [1.165, 1.54) is 0 Å². The van der Waals surface area contributed by atoms with E-state index < -0.39 is 0 Å². The van der Waals surface area contributed by atoms with Gasteiger partial charge in [-0.2, -0.15) is 10.4 Å². The summed E-state index contributed by atoms with van der Waals surface area (Å²) in [5, 5.41) is 23.9. The molecule has 0 unspecified atom stereocenters. The van der Waals surface area contributed by atoms with Crippen LogP contribution in [0.3, 0.4) is 0 Å². The van der Waals surface area contributed by atoms with Crippen LogP contribution in [0.4, 0.5) is 0 Å². The van der Waals surface area contributed by atoms with Gasteiger partial charge in [0.1, 0.15) is 6.07 Å². The maximum Gasteiger partial charge on any atom is 0.254 e. The van der Waals surface area contributed by atoms with E-state index >= 15 is 0 Å². The molecule has 1 amide bonds. The van der Waals surface area contributed by atoms with Crippen LogP contribution in [0.25, 0.3) is 5.69 Å². The Labute approximate surface area is 192 Å². The number of aromatic nitrogens is 2. The first-order valence-electron chi connectivity index (χ1n) is 10.7. The van der Waals surface area contributed by atoms with Gasteiger partial charge in [0.2, 0.25) is 0 Å². The molecular formula is C25H25ClN4O2. The summed E-state index contributed by atoms with van der Waals surface area (Å²) in [4.78, 5) is 15.1. The number of aliphatic hydroxyl groups excluding tert-OH is 1. The zero-order chi connectivity index (χ0) is 22.8. The summed E-state index contributed by atoms with van der Waals surface area (Å²) in [6, 6.07) is 14.9. The van der Waals surface area contributed by atoms with Gasteiger partial charge in [0, 0.05) is 29.8 Å². The molecule has 2 heterocycles. The van der Waals surface area contributed by atoms with Crippen molar-refractivity contribution >= 4 is 17.5 Å². The highest BCUT2D eigenvalue weighted by molar-refractivity contribution is 6.31. The molecule has 0 radical (unpaired) electrons. The summed E-state index contributed by atoms with van der Waals surface area (Å²) in [6.07, 6.45) is 2.32. The number of carbonyl (C=O) groups excluding carboxylic acids is 1. The van der Waals surface area contributed by atoms with Crippen molar-refractivity contribution in [3.05, 3.63) is 81.1 Å². The van der Waals surface area contributed by atoms with Crippen molar-refractivity contribution in [2.75, 3.05) is 13.2 Å². The molecule has 1 aliphatic heterocycles. The Kier molecular flexibility index (Phi) is 6.31. The molecule has 0 aliphatic carbocycles. The van der Waals surface area contributed by atoms with Crippen molar-refractivity contribution in [2.45, 2.75) is 39.2 Å². The molecule has 1 atom stereocenters. The molecular weight excluding hydrogens is 424 g/mol. The van der Waals surface area contributed by atoms with E-state index in [4.69, 9.17) is 22.0 Å². The van der Waals surface area contributed by atoms with E-state index in [-0.39, 0.29) is 18.6 Å². The number of halogens is 1. The van der Waals surface area contributed by atoms with Gasteiger partial charge in [-0.1, -0.05) is 29.8 Å². The van der Waals surface area contributed by atoms with Crippen LogP contribution in [-0.2, 0) is 6.42 Å². The number of benzene rings is 2. The highest BCUT2D eigenvalue weighted by Gasteiger charge is 2.30. The molecule has 1 N–H and O–H groups in total. The molecule has 1 saturated heterocycles. The largest absolute Gasteiger partial charge is 0.394 e. The molecule has 1 aliphatic rings. The maximum atomic E-state index is 13.3. The molecule has 4 rings (SSSR count). The number of aliphatic hydroxyl groups is 1. The molecule has 0 saturated carbocycles. The van der Waals surface area contributed by atoms with Gasteiger partial charge in [0.15, 0.2) is 0 Å².